The highest BCUT2D eigenvalue weighted by atomic mass is 16.1. The number of carbonyl (C=O) groups is 1. The zero-order valence-corrected chi connectivity index (χ0v) is 15.5. The van der Waals surface area contributed by atoms with Gasteiger partial charge in [0.1, 0.15) is 0 Å². The van der Waals surface area contributed by atoms with Gasteiger partial charge in [-0.3, -0.25) is 4.79 Å². The summed E-state index contributed by atoms with van der Waals surface area (Å²) in [6.45, 7) is 2.40. The van der Waals surface area contributed by atoms with Gasteiger partial charge in [-0.15, -0.1) is 0 Å². The highest BCUT2D eigenvalue weighted by Gasteiger charge is 2.13. The molecule has 0 bridgehead atoms. The summed E-state index contributed by atoms with van der Waals surface area (Å²) in [5, 5.41) is 20.8. The molecule has 27 heavy (non-hydrogen) atoms. The average molecular weight is 355 g/mol. The van der Waals surface area contributed by atoms with Crippen molar-refractivity contribution in [2.24, 2.45) is 0 Å². The summed E-state index contributed by atoms with van der Waals surface area (Å²) >= 11 is 0. The van der Waals surface area contributed by atoms with Crippen molar-refractivity contribution in [1.82, 2.24) is 5.32 Å². The molecule has 2 aromatic carbocycles. The molecule has 2 rings (SSSR count). The SMILES string of the molecule is CC/C(=C/c1ccc(C#N)cc1)C(=O)/C(=C\c1ccc(C#N)cc1)CNC. The molecule has 0 aliphatic carbocycles. The van der Waals surface area contributed by atoms with Crippen molar-refractivity contribution in [3.05, 3.63) is 81.9 Å². The van der Waals surface area contributed by atoms with E-state index in [0.717, 1.165) is 11.1 Å². The van der Waals surface area contributed by atoms with Crippen LogP contribution in [0.2, 0.25) is 0 Å². The maximum absolute atomic E-state index is 13.0. The van der Waals surface area contributed by atoms with Gasteiger partial charge in [-0.2, -0.15) is 10.5 Å². The molecule has 0 aliphatic heterocycles. The van der Waals surface area contributed by atoms with Crippen molar-refractivity contribution in [3.63, 3.8) is 0 Å². The molecule has 0 radical (unpaired) electrons. The van der Waals surface area contributed by atoms with Gasteiger partial charge in [0.05, 0.1) is 23.3 Å². The van der Waals surface area contributed by atoms with Crippen LogP contribution in [0.25, 0.3) is 12.2 Å². The fourth-order valence-corrected chi connectivity index (χ4v) is 2.63. The lowest BCUT2D eigenvalue weighted by Crippen LogP contribution is -2.18. The Hall–Kier alpha value is -3.47. The lowest BCUT2D eigenvalue weighted by Gasteiger charge is -2.09. The van der Waals surface area contributed by atoms with E-state index in [9.17, 15) is 4.79 Å². The summed E-state index contributed by atoms with van der Waals surface area (Å²) in [5.74, 6) is -0.0134. The molecule has 0 amide bonds. The van der Waals surface area contributed by atoms with Crippen molar-refractivity contribution in [2.45, 2.75) is 13.3 Å². The number of nitrogens with zero attached hydrogens (tertiary/aromatic N) is 2. The van der Waals surface area contributed by atoms with Crippen LogP contribution in [0.4, 0.5) is 0 Å². The van der Waals surface area contributed by atoms with Gasteiger partial charge in [0.25, 0.3) is 0 Å². The Balaban J connectivity index is 2.34. The number of likely N-dealkylation sites (N-methyl/N-ethyl adjacent to an activating group) is 1. The first-order valence-corrected chi connectivity index (χ1v) is 8.72. The normalized spacial score (nSPS) is 11.6. The van der Waals surface area contributed by atoms with Gasteiger partial charge in [-0.05, 0) is 61.0 Å². The number of nitrogens with one attached hydrogen (secondary N) is 1. The number of hydrogen-bond acceptors (Lipinski definition) is 4. The summed E-state index contributed by atoms with van der Waals surface area (Å²) in [7, 11) is 1.80. The summed E-state index contributed by atoms with van der Waals surface area (Å²) in [6.07, 6.45) is 4.32. The predicted octanol–water partition coefficient (Wildman–Crippen LogP) is 4.10. The molecule has 0 heterocycles. The van der Waals surface area contributed by atoms with E-state index in [2.05, 4.69) is 17.5 Å². The van der Waals surface area contributed by atoms with E-state index in [-0.39, 0.29) is 5.78 Å². The molecule has 0 spiro atoms. The quantitative estimate of drug-likeness (QED) is 0.759. The monoisotopic (exact) mass is 355 g/mol. The summed E-state index contributed by atoms with van der Waals surface area (Å²) in [4.78, 5) is 13.0. The Morgan fingerprint density at radius 3 is 1.70 bits per heavy atom. The van der Waals surface area contributed by atoms with Gasteiger partial charge in [-0.1, -0.05) is 31.2 Å². The minimum Gasteiger partial charge on any atom is -0.316 e. The molecule has 2 aromatic rings. The topological polar surface area (TPSA) is 76.7 Å². The first-order valence-electron chi connectivity index (χ1n) is 8.72. The van der Waals surface area contributed by atoms with Gasteiger partial charge in [0, 0.05) is 17.7 Å². The van der Waals surface area contributed by atoms with Crippen LogP contribution in [0.5, 0.6) is 0 Å². The van der Waals surface area contributed by atoms with Gasteiger partial charge in [0.2, 0.25) is 0 Å². The van der Waals surface area contributed by atoms with Gasteiger partial charge >= 0.3 is 0 Å². The molecular formula is C23H21N3O. The maximum Gasteiger partial charge on any atom is 0.186 e. The number of hydrogen-bond donors (Lipinski definition) is 1. The summed E-state index contributed by atoms with van der Waals surface area (Å²) in [6, 6.07) is 18.5. The number of allylic oxidation sites excluding steroid dienone is 1. The molecule has 4 heteroatoms. The van der Waals surface area contributed by atoms with Crippen LogP contribution in [0.3, 0.4) is 0 Å². The van der Waals surface area contributed by atoms with Crippen molar-refractivity contribution in [1.29, 1.82) is 10.5 Å². The highest BCUT2D eigenvalue weighted by Crippen LogP contribution is 2.18. The van der Waals surface area contributed by atoms with E-state index in [1.54, 1.807) is 31.3 Å². The number of benzene rings is 2. The lowest BCUT2D eigenvalue weighted by molar-refractivity contribution is -0.112. The van der Waals surface area contributed by atoms with Gasteiger partial charge in [-0.25, -0.2) is 0 Å². The van der Waals surface area contributed by atoms with Crippen molar-refractivity contribution in [3.8, 4) is 12.1 Å². The second-order valence-electron chi connectivity index (χ2n) is 6.02. The van der Waals surface area contributed by atoms with Crippen LogP contribution in [-0.4, -0.2) is 19.4 Å². The fourth-order valence-electron chi connectivity index (χ4n) is 2.63. The van der Waals surface area contributed by atoms with Crippen LogP contribution in [-0.2, 0) is 4.79 Å². The van der Waals surface area contributed by atoms with E-state index in [1.165, 1.54) is 0 Å². The van der Waals surface area contributed by atoms with Crippen LogP contribution >= 0.6 is 0 Å². The van der Waals surface area contributed by atoms with Crippen LogP contribution in [0.15, 0.2) is 59.7 Å². The molecule has 0 aromatic heterocycles. The largest absolute Gasteiger partial charge is 0.316 e. The van der Waals surface area contributed by atoms with Gasteiger partial charge < -0.3 is 5.32 Å². The van der Waals surface area contributed by atoms with E-state index < -0.39 is 0 Å². The van der Waals surface area contributed by atoms with Crippen molar-refractivity contribution < 1.29 is 4.79 Å². The molecule has 1 N–H and O–H groups in total. The molecule has 0 saturated carbocycles. The molecule has 134 valence electrons. The number of rotatable bonds is 7. The zero-order valence-electron chi connectivity index (χ0n) is 15.5. The third-order valence-corrected chi connectivity index (χ3v) is 4.09. The molecule has 0 atom stereocenters. The second kappa shape index (κ2) is 9.87. The van der Waals surface area contributed by atoms with Crippen LogP contribution in [0, 0.1) is 22.7 Å². The minimum absolute atomic E-state index is 0.0134. The Labute approximate surface area is 160 Å². The summed E-state index contributed by atoms with van der Waals surface area (Å²) in [5.41, 5.74) is 4.30. The number of ketones is 1. The maximum atomic E-state index is 13.0. The first kappa shape index (κ1) is 19.8. The number of Topliss-reactive ketones (excluding diaryl/α,β-unsaturated/α-hetero) is 1. The fraction of sp³-hybridized carbons (Fsp3) is 0.174. The van der Waals surface area contributed by atoms with E-state index in [4.69, 9.17) is 10.5 Å². The Morgan fingerprint density at radius 1 is 0.889 bits per heavy atom. The first-order chi connectivity index (χ1) is 13.1. The third kappa shape index (κ3) is 5.51. The molecule has 0 fully saturated rings. The number of carbonyl (C=O) groups excluding carboxylic acids is 1. The average Bonchev–Trinajstić information content (AvgIpc) is 2.72. The van der Waals surface area contributed by atoms with Crippen LogP contribution in [0.1, 0.15) is 35.6 Å². The Bertz CT molecular complexity index is 937. The lowest BCUT2D eigenvalue weighted by atomic mass is 9.96. The summed E-state index contributed by atoms with van der Waals surface area (Å²) < 4.78 is 0. The van der Waals surface area contributed by atoms with E-state index in [0.29, 0.717) is 35.2 Å². The zero-order chi connectivity index (χ0) is 19.6. The smallest absolute Gasteiger partial charge is 0.186 e. The molecular weight excluding hydrogens is 334 g/mol. The highest BCUT2D eigenvalue weighted by molar-refractivity contribution is 6.13. The second-order valence-corrected chi connectivity index (χ2v) is 6.02. The third-order valence-electron chi connectivity index (χ3n) is 4.09. The van der Waals surface area contributed by atoms with Crippen LogP contribution < -0.4 is 5.32 Å². The molecule has 0 saturated heterocycles. The minimum atomic E-state index is -0.0134. The number of nitriles is 2. The van der Waals surface area contributed by atoms with E-state index in [1.807, 2.05) is 43.3 Å². The molecule has 4 nitrogen and oxygen atoms in total. The standard InChI is InChI=1S/C23H21N3O/c1-3-21(12-17-4-8-19(14-24)9-5-17)23(27)22(16-26-2)13-18-6-10-20(15-25)11-7-18/h4-13,26H,3,16H2,1-2H3/b21-12-,22-13-. The molecule has 0 unspecified atom stereocenters. The molecule has 0 aliphatic rings. The van der Waals surface area contributed by atoms with Crippen molar-refractivity contribution in [2.75, 3.05) is 13.6 Å². The van der Waals surface area contributed by atoms with E-state index >= 15 is 0 Å². The predicted molar refractivity (Wildman–Crippen MR) is 107 cm³/mol. The van der Waals surface area contributed by atoms with Crippen molar-refractivity contribution >= 4 is 17.9 Å². The Kier molecular flexibility index (Phi) is 7.26. The Morgan fingerprint density at radius 2 is 1.33 bits per heavy atom. The van der Waals surface area contributed by atoms with Gasteiger partial charge in [0.15, 0.2) is 5.78 Å².